The second-order valence-corrected chi connectivity index (χ2v) is 8.47. The fourth-order valence-corrected chi connectivity index (χ4v) is 4.18. The summed E-state index contributed by atoms with van der Waals surface area (Å²) in [5, 5.41) is 25.9. The number of rotatable bonds is 6. The molecule has 4 rings (SSSR count). The second-order valence-electron chi connectivity index (χ2n) is 8.47. The van der Waals surface area contributed by atoms with Crippen molar-refractivity contribution in [3.8, 4) is 17.3 Å². The number of nitrogens with zero attached hydrogens (tertiary/aromatic N) is 3. The number of halogens is 1. The van der Waals surface area contributed by atoms with Crippen LogP contribution in [0.1, 0.15) is 38.5 Å². The fraction of sp³-hybridized carbons (Fsp3) is 0.522. The van der Waals surface area contributed by atoms with Crippen molar-refractivity contribution in [1.82, 2.24) is 9.97 Å². The average molecular weight is 426 g/mol. The molecule has 0 amide bonds. The number of aliphatic hydroxyl groups is 1. The van der Waals surface area contributed by atoms with Gasteiger partial charge in [0.1, 0.15) is 11.6 Å². The van der Waals surface area contributed by atoms with Gasteiger partial charge in [0.2, 0.25) is 0 Å². The van der Waals surface area contributed by atoms with Gasteiger partial charge in [-0.05, 0) is 56.7 Å². The van der Waals surface area contributed by atoms with E-state index >= 15 is 0 Å². The zero-order valence-corrected chi connectivity index (χ0v) is 17.5. The molecule has 2 aromatic heterocycles. The highest BCUT2D eigenvalue weighted by atomic mass is 19.1. The molecule has 164 valence electrons. The van der Waals surface area contributed by atoms with Crippen molar-refractivity contribution in [3.63, 3.8) is 0 Å². The lowest BCUT2D eigenvalue weighted by molar-refractivity contribution is 0.0455. The Bertz CT molecular complexity index is 934. The Morgan fingerprint density at radius 1 is 1.19 bits per heavy atom. The summed E-state index contributed by atoms with van der Waals surface area (Å²) in [6, 6.07) is 9.74. The molecule has 1 aliphatic carbocycles. The molecule has 2 aliphatic rings. The molecule has 0 spiro atoms. The lowest BCUT2D eigenvalue weighted by Gasteiger charge is -2.30. The second kappa shape index (κ2) is 9.58. The van der Waals surface area contributed by atoms with Gasteiger partial charge in [-0.1, -0.05) is 6.07 Å². The molecule has 1 saturated heterocycles. The van der Waals surface area contributed by atoms with Crippen molar-refractivity contribution in [2.45, 2.75) is 50.7 Å². The molecule has 3 heterocycles. The van der Waals surface area contributed by atoms with Crippen molar-refractivity contribution in [1.29, 1.82) is 5.26 Å². The van der Waals surface area contributed by atoms with Crippen molar-refractivity contribution in [2.75, 3.05) is 30.4 Å². The predicted molar refractivity (Wildman–Crippen MR) is 116 cm³/mol. The van der Waals surface area contributed by atoms with Crippen LogP contribution in [0.5, 0.6) is 0 Å². The Morgan fingerprint density at radius 3 is 2.71 bits per heavy atom. The van der Waals surface area contributed by atoms with Crippen LogP contribution in [0.15, 0.2) is 30.5 Å². The molecule has 0 aromatic carbocycles. The largest absolute Gasteiger partial charge is 0.393 e. The average Bonchev–Trinajstić information content (AvgIpc) is 2.81. The summed E-state index contributed by atoms with van der Waals surface area (Å²) < 4.78 is 19.9. The Kier molecular flexibility index (Phi) is 6.64. The first-order chi connectivity index (χ1) is 15.1. The molecule has 0 atom stereocenters. The number of hydrogen-bond donors (Lipinski definition) is 3. The summed E-state index contributed by atoms with van der Waals surface area (Å²) in [5.74, 6) is 0.765. The third-order valence-corrected chi connectivity index (χ3v) is 6.22. The van der Waals surface area contributed by atoms with Crippen LogP contribution in [0, 0.1) is 22.6 Å². The van der Waals surface area contributed by atoms with Gasteiger partial charge in [0.15, 0.2) is 5.82 Å². The first kappa shape index (κ1) is 21.5. The van der Waals surface area contributed by atoms with Crippen LogP contribution >= 0.6 is 0 Å². The van der Waals surface area contributed by atoms with Crippen molar-refractivity contribution < 1.29 is 14.2 Å². The highest BCUT2D eigenvalue weighted by Crippen LogP contribution is 2.31. The van der Waals surface area contributed by atoms with Crippen LogP contribution in [0.25, 0.3) is 11.3 Å². The first-order valence-electron chi connectivity index (χ1n) is 10.9. The van der Waals surface area contributed by atoms with Crippen LogP contribution in [0.2, 0.25) is 0 Å². The van der Waals surface area contributed by atoms with E-state index in [1.807, 2.05) is 12.1 Å². The Hall–Kier alpha value is -2.76. The molecule has 3 N–H and O–H groups in total. The van der Waals surface area contributed by atoms with Crippen LogP contribution in [0.3, 0.4) is 0 Å². The SMILES string of the molecule is N#CC1(CNc2cccc(-c3cc(NC4CCC(O)CC4)ncc3F)n2)CCOCC1. The molecule has 1 saturated carbocycles. The van der Waals surface area contributed by atoms with Crippen LogP contribution in [0.4, 0.5) is 16.0 Å². The van der Waals surface area contributed by atoms with Crippen molar-refractivity contribution in [3.05, 3.63) is 36.3 Å². The summed E-state index contributed by atoms with van der Waals surface area (Å²) in [6.07, 6.45) is 5.59. The molecule has 0 unspecified atom stereocenters. The van der Waals surface area contributed by atoms with Gasteiger partial charge in [0.25, 0.3) is 0 Å². The molecule has 2 fully saturated rings. The van der Waals surface area contributed by atoms with Crippen molar-refractivity contribution >= 4 is 11.6 Å². The van der Waals surface area contributed by atoms with Crippen molar-refractivity contribution in [2.24, 2.45) is 5.41 Å². The number of anilines is 2. The summed E-state index contributed by atoms with van der Waals surface area (Å²) >= 11 is 0. The Morgan fingerprint density at radius 2 is 1.97 bits per heavy atom. The number of aliphatic hydroxyl groups excluding tert-OH is 1. The molecule has 7 nitrogen and oxygen atoms in total. The van der Waals surface area contributed by atoms with E-state index in [4.69, 9.17) is 4.74 Å². The van der Waals surface area contributed by atoms with E-state index in [0.29, 0.717) is 55.5 Å². The highest BCUT2D eigenvalue weighted by molar-refractivity contribution is 5.65. The van der Waals surface area contributed by atoms with Gasteiger partial charge in [0, 0.05) is 31.4 Å². The minimum atomic E-state index is -0.470. The summed E-state index contributed by atoms with van der Waals surface area (Å²) in [7, 11) is 0. The zero-order chi connectivity index (χ0) is 21.7. The van der Waals surface area contributed by atoms with E-state index in [2.05, 4.69) is 26.7 Å². The number of ether oxygens (including phenoxy) is 1. The summed E-state index contributed by atoms with van der Waals surface area (Å²) in [6.45, 7) is 1.64. The van der Waals surface area contributed by atoms with E-state index in [1.165, 1.54) is 6.20 Å². The molecular formula is C23H28FN5O2. The fourth-order valence-electron chi connectivity index (χ4n) is 4.18. The first-order valence-corrected chi connectivity index (χ1v) is 10.9. The number of aromatic nitrogens is 2. The van der Waals surface area contributed by atoms with E-state index in [-0.39, 0.29) is 12.1 Å². The highest BCUT2D eigenvalue weighted by Gasteiger charge is 2.32. The zero-order valence-electron chi connectivity index (χ0n) is 17.5. The number of pyridine rings is 2. The lowest BCUT2D eigenvalue weighted by Crippen LogP contribution is -2.34. The third kappa shape index (κ3) is 5.30. The molecule has 8 heteroatoms. The maximum Gasteiger partial charge on any atom is 0.151 e. The molecule has 0 radical (unpaired) electrons. The van der Waals surface area contributed by atoms with Gasteiger partial charge in [-0.15, -0.1) is 0 Å². The van der Waals surface area contributed by atoms with E-state index < -0.39 is 11.2 Å². The van der Waals surface area contributed by atoms with Gasteiger partial charge in [-0.25, -0.2) is 14.4 Å². The number of nitriles is 1. The van der Waals surface area contributed by atoms with Gasteiger partial charge < -0.3 is 20.5 Å². The smallest absolute Gasteiger partial charge is 0.151 e. The molecule has 1 aliphatic heterocycles. The van der Waals surface area contributed by atoms with Gasteiger partial charge in [-0.2, -0.15) is 5.26 Å². The number of nitrogens with one attached hydrogen (secondary N) is 2. The number of hydrogen-bond acceptors (Lipinski definition) is 7. The van der Waals surface area contributed by atoms with Crippen LogP contribution < -0.4 is 10.6 Å². The minimum Gasteiger partial charge on any atom is -0.393 e. The maximum absolute atomic E-state index is 14.6. The van der Waals surface area contributed by atoms with Gasteiger partial charge in [-0.3, -0.25) is 0 Å². The topological polar surface area (TPSA) is 103 Å². The van der Waals surface area contributed by atoms with E-state index in [0.717, 1.165) is 25.7 Å². The molecular weight excluding hydrogens is 397 g/mol. The minimum absolute atomic E-state index is 0.219. The van der Waals surface area contributed by atoms with E-state index in [9.17, 15) is 14.8 Å². The standard InChI is InChI=1S/C23H28FN5O2/c24-19-13-26-22(28-16-4-6-17(30)7-5-16)12-18(19)20-2-1-3-21(29-20)27-15-23(14-25)8-10-31-11-9-23/h1-3,12-13,16-17,30H,4-11,15H2,(H,26,28)(H,27,29). The summed E-state index contributed by atoms with van der Waals surface area (Å²) in [4.78, 5) is 8.75. The van der Waals surface area contributed by atoms with Crippen LogP contribution in [-0.4, -0.2) is 47.0 Å². The normalized spacial score (nSPS) is 23.0. The van der Waals surface area contributed by atoms with E-state index in [1.54, 1.807) is 12.1 Å². The lowest BCUT2D eigenvalue weighted by atomic mass is 9.82. The Balaban J connectivity index is 1.47. The quantitative estimate of drug-likeness (QED) is 0.648. The maximum atomic E-state index is 14.6. The van der Waals surface area contributed by atoms with Gasteiger partial charge in [0.05, 0.1) is 29.5 Å². The third-order valence-electron chi connectivity index (χ3n) is 6.22. The van der Waals surface area contributed by atoms with Gasteiger partial charge >= 0.3 is 0 Å². The monoisotopic (exact) mass is 425 g/mol. The summed E-state index contributed by atoms with van der Waals surface area (Å²) in [5.41, 5.74) is 0.408. The Labute approximate surface area is 181 Å². The van der Waals surface area contributed by atoms with Crippen LogP contribution in [-0.2, 0) is 4.74 Å². The molecule has 2 aromatic rings. The molecule has 0 bridgehead atoms. The molecule has 31 heavy (non-hydrogen) atoms. The predicted octanol–water partition coefficient (Wildman–Crippen LogP) is 3.73.